The molecule has 2 aromatic rings. The molecule has 0 aliphatic rings. The van der Waals surface area contributed by atoms with Crippen LogP contribution < -0.4 is 11.1 Å². The summed E-state index contributed by atoms with van der Waals surface area (Å²) in [6.07, 6.45) is 0. The van der Waals surface area contributed by atoms with Crippen LogP contribution in [0.2, 0.25) is 0 Å². The standard InChI is InChI=1S/C13H13FN2O3/c14-12-4-1-8(5-11(12)13(15)18)16-6-9-2-3-10(7-17)19-9/h1-5,16-17H,6-7H2,(H2,15,18). The van der Waals surface area contributed by atoms with Gasteiger partial charge in [0.05, 0.1) is 12.1 Å². The van der Waals surface area contributed by atoms with Crippen molar-refractivity contribution in [3.05, 3.63) is 53.2 Å². The number of anilines is 1. The van der Waals surface area contributed by atoms with Crippen molar-refractivity contribution < 1.29 is 18.7 Å². The number of nitrogens with two attached hydrogens (primary N) is 1. The number of benzene rings is 1. The van der Waals surface area contributed by atoms with Gasteiger partial charge in [-0.05, 0) is 30.3 Å². The molecule has 4 N–H and O–H groups in total. The average molecular weight is 264 g/mol. The van der Waals surface area contributed by atoms with Crippen LogP contribution in [-0.2, 0) is 13.2 Å². The van der Waals surface area contributed by atoms with Crippen molar-refractivity contribution in [3.8, 4) is 0 Å². The van der Waals surface area contributed by atoms with Crippen LogP contribution in [0.15, 0.2) is 34.7 Å². The summed E-state index contributed by atoms with van der Waals surface area (Å²) in [4.78, 5) is 11.0. The van der Waals surface area contributed by atoms with Crippen LogP contribution in [0, 0.1) is 5.82 Å². The van der Waals surface area contributed by atoms with Crippen LogP contribution >= 0.6 is 0 Å². The summed E-state index contributed by atoms with van der Waals surface area (Å²) in [5.41, 5.74) is 5.45. The molecule has 0 unspecified atom stereocenters. The van der Waals surface area contributed by atoms with Crippen molar-refractivity contribution in [2.45, 2.75) is 13.2 Å². The topological polar surface area (TPSA) is 88.5 Å². The van der Waals surface area contributed by atoms with E-state index in [1.165, 1.54) is 18.2 Å². The molecule has 100 valence electrons. The number of carbonyl (C=O) groups is 1. The van der Waals surface area contributed by atoms with Gasteiger partial charge in [0, 0.05) is 5.69 Å². The molecule has 6 heteroatoms. The fourth-order valence-corrected chi connectivity index (χ4v) is 1.62. The molecule has 2 rings (SSSR count). The zero-order valence-corrected chi connectivity index (χ0v) is 10.0. The van der Waals surface area contributed by atoms with Gasteiger partial charge in [0.2, 0.25) is 0 Å². The van der Waals surface area contributed by atoms with Gasteiger partial charge in [0.1, 0.15) is 23.9 Å². The number of primary amides is 1. The summed E-state index contributed by atoms with van der Waals surface area (Å²) in [5, 5.41) is 11.8. The molecule has 0 saturated heterocycles. The largest absolute Gasteiger partial charge is 0.462 e. The van der Waals surface area contributed by atoms with Gasteiger partial charge in [0.15, 0.2) is 0 Å². The molecule has 0 aliphatic carbocycles. The van der Waals surface area contributed by atoms with E-state index in [2.05, 4.69) is 5.32 Å². The lowest BCUT2D eigenvalue weighted by molar-refractivity contribution is 0.0996. The number of carbonyl (C=O) groups excluding carboxylic acids is 1. The number of amides is 1. The maximum absolute atomic E-state index is 13.3. The third kappa shape index (κ3) is 3.11. The number of hydrogen-bond donors (Lipinski definition) is 3. The van der Waals surface area contributed by atoms with Crippen LogP contribution in [0.3, 0.4) is 0 Å². The van der Waals surface area contributed by atoms with E-state index in [4.69, 9.17) is 15.3 Å². The van der Waals surface area contributed by atoms with E-state index >= 15 is 0 Å². The highest BCUT2D eigenvalue weighted by Gasteiger charge is 2.09. The highest BCUT2D eigenvalue weighted by atomic mass is 19.1. The van der Waals surface area contributed by atoms with Gasteiger partial charge in [-0.3, -0.25) is 4.79 Å². The minimum Gasteiger partial charge on any atom is -0.462 e. The highest BCUT2D eigenvalue weighted by Crippen LogP contribution is 2.16. The van der Waals surface area contributed by atoms with E-state index in [1.807, 2.05) is 0 Å². The number of hydrogen-bond acceptors (Lipinski definition) is 4. The first-order chi connectivity index (χ1) is 9.10. The summed E-state index contributed by atoms with van der Waals surface area (Å²) >= 11 is 0. The molecule has 0 spiro atoms. The Labute approximate surface area is 108 Å². The van der Waals surface area contributed by atoms with Crippen LogP contribution in [0.4, 0.5) is 10.1 Å². The Balaban J connectivity index is 2.07. The first kappa shape index (κ1) is 13.1. The van der Waals surface area contributed by atoms with Crippen LogP contribution in [0.5, 0.6) is 0 Å². The van der Waals surface area contributed by atoms with Gasteiger partial charge in [-0.15, -0.1) is 0 Å². The Bertz CT molecular complexity index is 595. The summed E-state index contributed by atoms with van der Waals surface area (Å²) in [6, 6.07) is 7.39. The summed E-state index contributed by atoms with van der Waals surface area (Å²) in [7, 11) is 0. The lowest BCUT2D eigenvalue weighted by Crippen LogP contribution is -2.13. The fraction of sp³-hybridized carbons (Fsp3) is 0.154. The summed E-state index contributed by atoms with van der Waals surface area (Å²) < 4.78 is 18.5. The molecular weight excluding hydrogens is 251 g/mol. The van der Waals surface area contributed by atoms with Crippen molar-refractivity contribution in [1.29, 1.82) is 0 Å². The monoisotopic (exact) mass is 264 g/mol. The predicted octanol–water partition coefficient (Wildman–Crippen LogP) is 1.62. The van der Waals surface area contributed by atoms with Crippen molar-refractivity contribution >= 4 is 11.6 Å². The van der Waals surface area contributed by atoms with E-state index in [1.54, 1.807) is 12.1 Å². The van der Waals surface area contributed by atoms with Crippen molar-refractivity contribution in [3.63, 3.8) is 0 Å². The fourth-order valence-electron chi connectivity index (χ4n) is 1.62. The zero-order valence-electron chi connectivity index (χ0n) is 10.0. The first-order valence-electron chi connectivity index (χ1n) is 5.62. The zero-order chi connectivity index (χ0) is 13.8. The van der Waals surface area contributed by atoms with Gasteiger partial charge in [-0.25, -0.2) is 4.39 Å². The van der Waals surface area contributed by atoms with Gasteiger partial charge in [0.25, 0.3) is 5.91 Å². The second kappa shape index (κ2) is 5.53. The Morgan fingerprint density at radius 2 is 2.05 bits per heavy atom. The minimum atomic E-state index is -0.818. The Morgan fingerprint density at radius 1 is 1.32 bits per heavy atom. The van der Waals surface area contributed by atoms with E-state index in [9.17, 15) is 9.18 Å². The Kier molecular flexibility index (Phi) is 3.82. The van der Waals surface area contributed by atoms with Crippen molar-refractivity contribution in [1.82, 2.24) is 0 Å². The molecule has 0 bridgehead atoms. The molecule has 0 saturated carbocycles. The van der Waals surface area contributed by atoms with Crippen molar-refractivity contribution in [2.24, 2.45) is 5.73 Å². The van der Waals surface area contributed by atoms with Gasteiger partial charge in [-0.2, -0.15) is 0 Å². The molecule has 0 fully saturated rings. The quantitative estimate of drug-likeness (QED) is 0.765. The normalized spacial score (nSPS) is 10.4. The number of halogens is 1. The lowest BCUT2D eigenvalue weighted by Gasteiger charge is -2.06. The third-order valence-electron chi connectivity index (χ3n) is 2.57. The second-order valence-corrected chi connectivity index (χ2v) is 3.94. The molecule has 0 aliphatic heterocycles. The lowest BCUT2D eigenvalue weighted by atomic mass is 10.2. The number of aliphatic hydroxyl groups is 1. The molecule has 1 amide bonds. The predicted molar refractivity (Wildman–Crippen MR) is 66.9 cm³/mol. The van der Waals surface area contributed by atoms with E-state index in [0.29, 0.717) is 23.8 Å². The van der Waals surface area contributed by atoms with Crippen LogP contribution in [0.1, 0.15) is 21.9 Å². The Morgan fingerprint density at radius 3 is 2.68 bits per heavy atom. The minimum absolute atomic E-state index is 0.164. The number of aliphatic hydroxyl groups excluding tert-OH is 1. The second-order valence-electron chi connectivity index (χ2n) is 3.94. The smallest absolute Gasteiger partial charge is 0.251 e. The number of furan rings is 1. The van der Waals surface area contributed by atoms with Crippen LogP contribution in [0.25, 0.3) is 0 Å². The van der Waals surface area contributed by atoms with Gasteiger partial charge >= 0.3 is 0 Å². The number of nitrogens with one attached hydrogen (secondary N) is 1. The van der Waals surface area contributed by atoms with E-state index in [-0.39, 0.29) is 12.2 Å². The average Bonchev–Trinajstić information content (AvgIpc) is 2.85. The molecule has 0 atom stereocenters. The molecule has 19 heavy (non-hydrogen) atoms. The third-order valence-corrected chi connectivity index (χ3v) is 2.57. The molecule has 1 heterocycles. The SMILES string of the molecule is NC(=O)c1cc(NCc2ccc(CO)o2)ccc1F. The summed E-state index contributed by atoms with van der Waals surface area (Å²) in [6.45, 7) is 0.187. The van der Waals surface area contributed by atoms with E-state index < -0.39 is 11.7 Å². The number of rotatable bonds is 5. The summed E-state index contributed by atoms with van der Waals surface area (Å²) in [5.74, 6) is -0.386. The maximum Gasteiger partial charge on any atom is 0.251 e. The Hall–Kier alpha value is -2.34. The maximum atomic E-state index is 13.3. The molecule has 1 aromatic heterocycles. The first-order valence-corrected chi connectivity index (χ1v) is 5.62. The highest BCUT2D eigenvalue weighted by molar-refractivity contribution is 5.94. The molecule has 1 aromatic carbocycles. The van der Waals surface area contributed by atoms with E-state index in [0.717, 1.165) is 0 Å². The van der Waals surface area contributed by atoms with Gasteiger partial charge in [-0.1, -0.05) is 0 Å². The van der Waals surface area contributed by atoms with Gasteiger partial charge < -0.3 is 20.6 Å². The molecule has 5 nitrogen and oxygen atoms in total. The van der Waals surface area contributed by atoms with Crippen molar-refractivity contribution in [2.75, 3.05) is 5.32 Å². The molecule has 0 radical (unpaired) electrons. The molecular formula is C13H13FN2O3. The van der Waals surface area contributed by atoms with Crippen LogP contribution in [-0.4, -0.2) is 11.0 Å².